The first-order chi connectivity index (χ1) is 9.19. The molecule has 2 aliphatic rings. The third-order valence-electron chi connectivity index (χ3n) is 4.24. The Labute approximate surface area is 120 Å². The van der Waals surface area contributed by atoms with E-state index >= 15 is 0 Å². The maximum absolute atomic E-state index is 12.0. The molecule has 0 aromatic rings. The van der Waals surface area contributed by atoms with Crippen LogP contribution < -0.4 is 0 Å². The van der Waals surface area contributed by atoms with Gasteiger partial charge in [0.05, 0.1) is 23.0 Å². The van der Waals surface area contributed by atoms with Crippen molar-refractivity contribution in [2.45, 2.75) is 31.7 Å². The maximum Gasteiger partial charge on any atom is 0.222 e. The second-order valence-corrected chi connectivity index (χ2v) is 10.3. The summed E-state index contributed by atoms with van der Waals surface area (Å²) >= 11 is 0. The van der Waals surface area contributed by atoms with Gasteiger partial charge in [0, 0.05) is 19.5 Å². The van der Waals surface area contributed by atoms with Crippen LogP contribution in [0.4, 0.5) is 0 Å². The van der Waals surface area contributed by atoms with E-state index in [1.165, 1.54) is 4.90 Å². The van der Waals surface area contributed by atoms with Crippen LogP contribution >= 0.6 is 0 Å². The molecule has 2 aliphatic heterocycles. The van der Waals surface area contributed by atoms with Crippen molar-refractivity contribution >= 4 is 25.6 Å². The molecule has 8 heteroatoms. The van der Waals surface area contributed by atoms with E-state index in [-0.39, 0.29) is 40.9 Å². The summed E-state index contributed by atoms with van der Waals surface area (Å²) in [6.45, 7) is 0. The number of hydrogen-bond acceptors (Lipinski definition) is 5. The van der Waals surface area contributed by atoms with Gasteiger partial charge in [-0.05, 0) is 25.2 Å². The van der Waals surface area contributed by atoms with E-state index in [0.29, 0.717) is 25.7 Å². The first-order valence-corrected chi connectivity index (χ1v) is 10.5. The molecule has 1 amide bonds. The Morgan fingerprint density at radius 2 is 1.65 bits per heavy atom. The molecule has 0 aliphatic carbocycles. The highest BCUT2D eigenvalue weighted by Gasteiger charge is 2.33. The van der Waals surface area contributed by atoms with E-state index in [9.17, 15) is 21.6 Å². The van der Waals surface area contributed by atoms with Gasteiger partial charge in [0.25, 0.3) is 0 Å². The van der Waals surface area contributed by atoms with Crippen LogP contribution in [0.3, 0.4) is 0 Å². The van der Waals surface area contributed by atoms with E-state index in [0.717, 1.165) is 0 Å². The first kappa shape index (κ1) is 15.8. The fourth-order valence-electron chi connectivity index (χ4n) is 2.89. The molecule has 0 aromatic heterocycles. The first-order valence-electron chi connectivity index (χ1n) is 6.85. The molecule has 116 valence electrons. The maximum atomic E-state index is 12.0. The Morgan fingerprint density at radius 3 is 2.15 bits per heavy atom. The van der Waals surface area contributed by atoms with Crippen LogP contribution in [0.15, 0.2) is 0 Å². The zero-order valence-electron chi connectivity index (χ0n) is 11.6. The SMILES string of the molecule is CN(C(=O)CCC1CCS(=O)(=O)C1)C1CCS(=O)(=O)C1. The molecule has 0 saturated carbocycles. The zero-order chi connectivity index (χ0) is 15.0. The van der Waals surface area contributed by atoms with Gasteiger partial charge in [0.2, 0.25) is 5.91 Å². The Morgan fingerprint density at radius 1 is 1.05 bits per heavy atom. The lowest BCUT2D eigenvalue weighted by Crippen LogP contribution is -2.37. The number of sulfone groups is 2. The zero-order valence-corrected chi connectivity index (χ0v) is 13.2. The molecule has 2 heterocycles. The van der Waals surface area contributed by atoms with Gasteiger partial charge in [-0.1, -0.05) is 0 Å². The quantitative estimate of drug-likeness (QED) is 0.718. The largest absolute Gasteiger partial charge is 0.342 e. The summed E-state index contributed by atoms with van der Waals surface area (Å²) in [7, 11) is -4.25. The fraction of sp³-hybridized carbons (Fsp3) is 0.917. The van der Waals surface area contributed by atoms with Crippen LogP contribution in [0.5, 0.6) is 0 Å². The Balaban J connectivity index is 1.81. The molecular formula is C12H21NO5S2. The summed E-state index contributed by atoms with van der Waals surface area (Å²) in [6, 6.07) is -0.222. The minimum atomic E-state index is -2.99. The lowest BCUT2D eigenvalue weighted by atomic mass is 10.0. The van der Waals surface area contributed by atoms with Crippen LogP contribution in [0.2, 0.25) is 0 Å². The summed E-state index contributed by atoms with van der Waals surface area (Å²) in [5.74, 6) is 0.592. The minimum absolute atomic E-state index is 0.0487. The number of nitrogens with zero attached hydrogens (tertiary/aromatic N) is 1. The highest BCUT2D eigenvalue weighted by atomic mass is 32.2. The van der Waals surface area contributed by atoms with Crippen LogP contribution in [-0.2, 0) is 24.5 Å². The topological polar surface area (TPSA) is 88.6 Å². The lowest BCUT2D eigenvalue weighted by Gasteiger charge is -2.23. The van der Waals surface area contributed by atoms with E-state index in [1.54, 1.807) is 7.05 Å². The number of carbonyl (C=O) groups is 1. The molecule has 2 fully saturated rings. The summed E-state index contributed by atoms with van der Waals surface area (Å²) < 4.78 is 45.5. The molecule has 2 unspecified atom stereocenters. The summed E-state index contributed by atoms with van der Waals surface area (Å²) in [5.41, 5.74) is 0. The van der Waals surface area contributed by atoms with Crippen molar-refractivity contribution in [2.24, 2.45) is 5.92 Å². The minimum Gasteiger partial charge on any atom is -0.342 e. The molecular weight excluding hydrogens is 302 g/mol. The van der Waals surface area contributed by atoms with E-state index in [1.807, 2.05) is 0 Å². The van der Waals surface area contributed by atoms with Gasteiger partial charge in [-0.25, -0.2) is 16.8 Å². The average Bonchev–Trinajstić information content (AvgIpc) is 2.87. The monoisotopic (exact) mass is 323 g/mol. The third-order valence-corrected chi connectivity index (χ3v) is 7.83. The van der Waals surface area contributed by atoms with Crippen molar-refractivity contribution in [2.75, 3.05) is 30.1 Å². The average molecular weight is 323 g/mol. The predicted molar refractivity (Wildman–Crippen MR) is 75.8 cm³/mol. The molecule has 20 heavy (non-hydrogen) atoms. The lowest BCUT2D eigenvalue weighted by molar-refractivity contribution is -0.131. The number of carbonyl (C=O) groups excluding carboxylic acids is 1. The molecule has 0 radical (unpaired) electrons. The second kappa shape index (κ2) is 5.63. The van der Waals surface area contributed by atoms with Crippen LogP contribution in [0.1, 0.15) is 25.7 Å². The predicted octanol–water partition coefficient (Wildman–Crippen LogP) is -0.153. The number of hydrogen-bond donors (Lipinski definition) is 0. The Bertz CT molecular complexity index is 581. The molecule has 0 bridgehead atoms. The number of rotatable bonds is 4. The van der Waals surface area contributed by atoms with Crippen molar-refractivity contribution in [3.8, 4) is 0 Å². The smallest absolute Gasteiger partial charge is 0.222 e. The van der Waals surface area contributed by atoms with Crippen LogP contribution in [0, 0.1) is 5.92 Å². The standard InChI is InChI=1S/C12H21NO5S2/c1-13(11-5-7-20(17,18)9-11)12(14)3-2-10-4-6-19(15,16)8-10/h10-11H,2-9H2,1H3. The molecule has 0 aromatic carbocycles. The van der Waals surface area contributed by atoms with Crippen LogP contribution in [-0.4, -0.2) is 63.7 Å². The van der Waals surface area contributed by atoms with Crippen molar-refractivity contribution < 1.29 is 21.6 Å². The normalized spacial score (nSPS) is 31.2. The van der Waals surface area contributed by atoms with Gasteiger partial charge >= 0.3 is 0 Å². The van der Waals surface area contributed by atoms with Gasteiger partial charge in [-0.15, -0.1) is 0 Å². The summed E-state index contributed by atoms with van der Waals surface area (Å²) in [5, 5.41) is 0. The molecule has 2 rings (SSSR count). The van der Waals surface area contributed by atoms with E-state index < -0.39 is 19.7 Å². The van der Waals surface area contributed by atoms with E-state index in [4.69, 9.17) is 0 Å². The molecule has 2 atom stereocenters. The van der Waals surface area contributed by atoms with Crippen molar-refractivity contribution in [1.82, 2.24) is 4.90 Å². The van der Waals surface area contributed by atoms with Crippen molar-refractivity contribution in [1.29, 1.82) is 0 Å². The van der Waals surface area contributed by atoms with Crippen molar-refractivity contribution in [3.63, 3.8) is 0 Å². The Kier molecular flexibility index (Phi) is 4.44. The molecule has 2 saturated heterocycles. The summed E-state index contributed by atoms with van der Waals surface area (Å²) in [4.78, 5) is 13.6. The van der Waals surface area contributed by atoms with Gasteiger partial charge < -0.3 is 4.90 Å². The van der Waals surface area contributed by atoms with Crippen LogP contribution in [0.25, 0.3) is 0 Å². The molecule has 0 N–H and O–H groups in total. The second-order valence-electron chi connectivity index (χ2n) is 5.87. The van der Waals surface area contributed by atoms with Gasteiger partial charge in [0.15, 0.2) is 19.7 Å². The molecule has 0 spiro atoms. The highest BCUT2D eigenvalue weighted by molar-refractivity contribution is 7.91. The highest BCUT2D eigenvalue weighted by Crippen LogP contribution is 2.24. The number of amides is 1. The summed E-state index contributed by atoms with van der Waals surface area (Å²) in [6.07, 6.45) is 2.01. The van der Waals surface area contributed by atoms with Crippen molar-refractivity contribution in [3.05, 3.63) is 0 Å². The Hall–Kier alpha value is -0.630. The third kappa shape index (κ3) is 3.94. The molecule has 6 nitrogen and oxygen atoms in total. The van der Waals surface area contributed by atoms with Gasteiger partial charge in [-0.2, -0.15) is 0 Å². The fourth-order valence-corrected chi connectivity index (χ4v) is 6.57. The van der Waals surface area contributed by atoms with Gasteiger partial charge in [-0.3, -0.25) is 4.79 Å². The van der Waals surface area contributed by atoms with E-state index in [2.05, 4.69) is 0 Å². The van der Waals surface area contributed by atoms with Gasteiger partial charge in [0.1, 0.15) is 0 Å².